The normalized spacial score (nSPS) is 12.0. The first-order valence-electron chi connectivity index (χ1n) is 8.69. The van der Waals surface area contributed by atoms with Crippen LogP contribution in [0, 0.1) is 0 Å². The molecule has 0 saturated carbocycles. The molecule has 3 aromatic rings. The number of aromatic nitrogens is 1. The van der Waals surface area contributed by atoms with Gasteiger partial charge in [-0.15, -0.1) is 0 Å². The molecular weight excluding hydrogens is 342 g/mol. The van der Waals surface area contributed by atoms with Crippen LogP contribution in [0.3, 0.4) is 0 Å². The number of amides is 1. The van der Waals surface area contributed by atoms with E-state index in [1.165, 1.54) is 0 Å². The van der Waals surface area contributed by atoms with Gasteiger partial charge in [0.2, 0.25) is 0 Å². The molecule has 1 N–H and O–H groups in total. The van der Waals surface area contributed by atoms with Crippen LogP contribution in [-0.2, 0) is 0 Å². The second-order valence-electron chi connectivity index (χ2n) is 6.41. The molecule has 27 heavy (non-hydrogen) atoms. The van der Waals surface area contributed by atoms with Gasteiger partial charge in [0.05, 0.1) is 13.2 Å². The van der Waals surface area contributed by atoms with Gasteiger partial charge in [0, 0.05) is 18.2 Å². The highest BCUT2D eigenvalue weighted by Crippen LogP contribution is 2.22. The number of benzene rings is 2. The zero-order valence-electron chi connectivity index (χ0n) is 15.7. The second-order valence-corrected chi connectivity index (χ2v) is 6.41. The van der Waals surface area contributed by atoms with Crippen LogP contribution in [0.15, 0.2) is 65.2 Å². The summed E-state index contributed by atoms with van der Waals surface area (Å²) < 4.78 is 10.5. The van der Waals surface area contributed by atoms with E-state index in [9.17, 15) is 4.79 Å². The van der Waals surface area contributed by atoms with Gasteiger partial charge in [0.25, 0.3) is 5.91 Å². The Morgan fingerprint density at radius 3 is 2.48 bits per heavy atom. The summed E-state index contributed by atoms with van der Waals surface area (Å²) in [5.41, 5.74) is 2.24. The van der Waals surface area contributed by atoms with Crippen LogP contribution in [0.5, 0.6) is 5.75 Å². The minimum atomic E-state index is -0.263. The summed E-state index contributed by atoms with van der Waals surface area (Å²) in [5.74, 6) is 1.11. The van der Waals surface area contributed by atoms with E-state index in [1.807, 2.05) is 68.7 Å². The van der Waals surface area contributed by atoms with Crippen molar-refractivity contribution in [3.63, 3.8) is 0 Å². The Morgan fingerprint density at radius 1 is 1.15 bits per heavy atom. The van der Waals surface area contributed by atoms with Crippen LogP contribution in [-0.4, -0.2) is 43.7 Å². The summed E-state index contributed by atoms with van der Waals surface area (Å²) in [6.07, 6.45) is 0. The highest BCUT2D eigenvalue weighted by Gasteiger charge is 2.18. The van der Waals surface area contributed by atoms with Crippen LogP contribution in [0.1, 0.15) is 22.1 Å². The van der Waals surface area contributed by atoms with Gasteiger partial charge in [0.15, 0.2) is 11.5 Å². The summed E-state index contributed by atoms with van der Waals surface area (Å²) in [4.78, 5) is 14.5. The van der Waals surface area contributed by atoms with Gasteiger partial charge in [-0.05, 0) is 31.8 Å². The number of nitrogens with zero attached hydrogens (tertiary/aromatic N) is 2. The van der Waals surface area contributed by atoms with Gasteiger partial charge >= 0.3 is 0 Å². The fraction of sp³-hybridized carbons (Fsp3) is 0.238. The van der Waals surface area contributed by atoms with Gasteiger partial charge in [0.1, 0.15) is 5.75 Å². The molecule has 140 valence electrons. The molecule has 1 aromatic heterocycles. The third kappa shape index (κ3) is 4.54. The molecule has 3 rings (SSSR count). The molecule has 0 aliphatic carbocycles. The predicted octanol–water partition coefficient (Wildman–Crippen LogP) is 3.38. The van der Waals surface area contributed by atoms with Crippen LogP contribution in [0.4, 0.5) is 0 Å². The Balaban J connectivity index is 1.66. The van der Waals surface area contributed by atoms with E-state index >= 15 is 0 Å². The quantitative estimate of drug-likeness (QED) is 0.695. The Kier molecular flexibility index (Phi) is 5.88. The highest BCUT2D eigenvalue weighted by atomic mass is 16.5. The third-order valence-electron chi connectivity index (χ3n) is 4.38. The van der Waals surface area contributed by atoms with Gasteiger partial charge in [-0.3, -0.25) is 4.79 Å². The molecule has 0 fully saturated rings. The van der Waals surface area contributed by atoms with E-state index in [0.29, 0.717) is 12.3 Å². The van der Waals surface area contributed by atoms with Crippen LogP contribution in [0.25, 0.3) is 11.3 Å². The molecule has 0 radical (unpaired) electrons. The number of carbonyl (C=O) groups is 1. The summed E-state index contributed by atoms with van der Waals surface area (Å²) in [5, 5.41) is 6.83. The maximum atomic E-state index is 12.5. The average Bonchev–Trinajstić information content (AvgIpc) is 3.19. The lowest BCUT2D eigenvalue weighted by Crippen LogP contribution is -2.34. The minimum Gasteiger partial charge on any atom is -0.497 e. The number of hydrogen-bond acceptors (Lipinski definition) is 5. The lowest BCUT2D eigenvalue weighted by atomic mass is 10.1. The first kappa shape index (κ1) is 18.7. The molecule has 1 atom stereocenters. The van der Waals surface area contributed by atoms with Crippen molar-refractivity contribution in [2.45, 2.75) is 6.04 Å². The molecule has 0 saturated heterocycles. The van der Waals surface area contributed by atoms with Crippen LogP contribution < -0.4 is 10.1 Å². The molecule has 2 aromatic carbocycles. The molecule has 1 amide bonds. The first-order chi connectivity index (χ1) is 13.1. The van der Waals surface area contributed by atoms with Crippen molar-refractivity contribution in [3.05, 3.63) is 71.9 Å². The molecule has 0 spiro atoms. The van der Waals surface area contributed by atoms with Crippen molar-refractivity contribution >= 4 is 5.91 Å². The number of hydrogen-bond donors (Lipinski definition) is 1. The van der Waals surface area contributed by atoms with Gasteiger partial charge in [-0.2, -0.15) is 0 Å². The van der Waals surface area contributed by atoms with Crippen LogP contribution >= 0.6 is 0 Å². The molecule has 0 unspecified atom stereocenters. The number of carbonyl (C=O) groups excluding carboxylic acids is 1. The fourth-order valence-corrected chi connectivity index (χ4v) is 2.83. The van der Waals surface area contributed by atoms with Crippen molar-refractivity contribution in [2.75, 3.05) is 27.7 Å². The van der Waals surface area contributed by atoms with Gasteiger partial charge < -0.3 is 19.5 Å². The molecule has 0 bridgehead atoms. The summed E-state index contributed by atoms with van der Waals surface area (Å²) in [6.45, 7) is 0.450. The smallest absolute Gasteiger partial charge is 0.273 e. The van der Waals surface area contributed by atoms with Crippen molar-refractivity contribution in [1.29, 1.82) is 0 Å². The Hall–Kier alpha value is -3.12. The highest BCUT2D eigenvalue weighted by molar-refractivity contribution is 5.93. The Labute approximate surface area is 158 Å². The Morgan fingerprint density at radius 2 is 1.85 bits per heavy atom. The number of ether oxygens (including phenoxy) is 1. The van der Waals surface area contributed by atoms with E-state index in [4.69, 9.17) is 9.26 Å². The average molecular weight is 365 g/mol. The SMILES string of the molecule is COc1ccc([C@@H](CNC(=O)c2cc(-c3ccccc3)on2)N(C)C)cc1. The third-order valence-corrected chi connectivity index (χ3v) is 4.38. The van der Waals surface area contributed by atoms with E-state index in [0.717, 1.165) is 16.9 Å². The van der Waals surface area contributed by atoms with E-state index in [2.05, 4.69) is 15.4 Å². The molecule has 6 heteroatoms. The fourth-order valence-electron chi connectivity index (χ4n) is 2.83. The number of rotatable bonds is 7. The van der Waals surface area contributed by atoms with E-state index in [-0.39, 0.29) is 17.6 Å². The van der Waals surface area contributed by atoms with Crippen LogP contribution in [0.2, 0.25) is 0 Å². The van der Waals surface area contributed by atoms with Gasteiger partial charge in [-0.1, -0.05) is 47.6 Å². The molecule has 1 heterocycles. The summed E-state index contributed by atoms with van der Waals surface area (Å²) >= 11 is 0. The zero-order chi connectivity index (χ0) is 19.2. The van der Waals surface area contributed by atoms with Crippen molar-refractivity contribution < 1.29 is 14.1 Å². The van der Waals surface area contributed by atoms with Gasteiger partial charge in [-0.25, -0.2) is 0 Å². The minimum absolute atomic E-state index is 0.0281. The summed E-state index contributed by atoms with van der Waals surface area (Å²) in [7, 11) is 5.59. The predicted molar refractivity (Wildman–Crippen MR) is 104 cm³/mol. The largest absolute Gasteiger partial charge is 0.497 e. The van der Waals surface area contributed by atoms with E-state index < -0.39 is 0 Å². The maximum absolute atomic E-state index is 12.5. The zero-order valence-corrected chi connectivity index (χ0v) is 15.7. The lowest BCUT2D eigenvalue weighted by molar-refractivity contribution is 0.0933. The molecule has 0 aliphatic rings. The second kappa shape index (κ2) is 8.51. The van der Waals surface area contributed by atoms with Crippen molar-refractivity contribution in [2.24, 2.45) is 0 Å². The molecule has 0 aliphatic heterocycles. The number of methoxy groups -OCH3 is 1. The lowest BCUT2D eigenvalue weighted by Gasteiger charge is -2.25. The van der Waals surface area contributed by atoms with Crippen molar-refractivity contribution in [1.82, 2.24) is 15.4 Å². The van der Waals surface area contributed by atoms with Crippen molar-refractivity contribution in [3.8, 4) is 17.1 Å². The first-order valence-corrected chi connectivity index (χ1v) is 8.69. The van der Waals surface area contributed by atoms with E-state index in [1.54, 1.807) is 13.2 Å². The number of likely N-dealkylation sites (N-methyl/N-ethyl adjacent to an activating group) is 1. The standard InChI is InChI=1S/C21H23N3O3/c1-24(2)19(15-9-11-17(26-3)12-10-15)14-22-21(25)18-13-20(27-23-18)16-7-5-4-6-8-16/h4-13,19H,14H2,1-3H3,(H,22,25)/t19-/m1/s1. The summed E-state index contributed by atoms with van der Waals surface area (Å²) in [6, 6.07) is 19.1. The molecular formula is C21H23N3O3. The number of nitrogens with one attached hydrogen (secondary N) is 1. The monoisotopic (exact) mass is 365 g/mol. The topological polar surface area (TPSA) is 67.6 Å². The Bertz CT molecular complexity index is 873. The molecule has 6 nitrogen and oxygen atoms in total. The maximum Gasteiger partial charge on any atom is 0.273 e.